The first-order valence-corrected chi connectivity index (χ1v) is 6.54. The number of hydrogen-bond acceptors (Lipinski definition) is 1. The van der Waals surface area contributed by atoms with Crippen LogP contribution in [0.15, 0.2) is 36.0 Å². The van der Waals surface area contributed by atoms with E-state index in [1.54, 1.807) is 0 Å². The van der Waals surface area contributed by atoms with Crippen molar-refractivity contribution in [1.29, 1.82) is 0 Å². The molecule has 16 heavy (non-hydrogen) atoms. The van der Waals surface area contributed by atoms with Crippen molar-refractivity contribution in [3.8, 4) is 0 Å². The molecule has 0 radical (unpaired) electrons. The van der Waals surface area contributed by atoms with Gasteiger partial charge in [-0.1, -0.05) is 44.2 Å². The van der Waals surface area contributed by atoms with Gasteiger partial charge in [0.15, 0.2) is 0 Å². The topological polar surface area (TPSA) is 3.24 Å². The molecule has 0 aliphatic heterocycles. The van der Waals surface area contributed by atoms with Crippen molar-refractivity contribution in [2.24, 2.45) is 0 Å². The predicted octanol–water partition coefficient (Wildman–Crippen LogP) is 3.94. The van der Waals surface area contributed by atoms with Gasteiger partial charge in [-0.05, 0) is 44.8 Å². The van der Waals surface area contributed by atoms with Gasteiger partial charge in [0.1, 0.15) is 0 Å². The first-order chi connectivity index (χ1) is 7.77. The van der Waals surface area contributed by atoms with Gasteiger partial charge < -0.3 is 4.90 Å². The van der Waals surface area contributed by atoms with E-state index in [4.69, 9.17) is 0 Å². The molecule has 0 saturated heterocycles. The number of rotatable bonds is 6. The molecule has 1 unspecified atom stereocenters. The van der Waals surface area contributed by atoms with Crippen LogP contribution in [0.25, 0.3) is 0 Å². The van der Waals surface area contributed by atoms with Crippen LogP contribution in [-0.2, 0) is 0 Å². The third kappa shape index (κ3) is 4.36. The minimum Gasteiger partial charge on any atom is -0.301 e. The summed E-state index contributed by atoms with van der Waals surface area (Å²) in [5.74, 6) is 0. The van der Waals surface area contributed by atoms with Crippen LogP contribution in [-0.4, -0.2) is 24.0 Å². The van der Waals surface area contributed by atoms with Crippen molar-refractivity contribution in [3.05, 3.63) is 36.0 Å². The van der Waals surface area contributed by atoms with Crippen molar-refractivity contribution in [2.75, 3.05) is 13.1 Å². The Morgan fingerprint density at radius 2 is 2.00 bits per heavy atom. The molecular weight excluding hydrogens is 194 g/mol. The molecule has 1 aliphatic carbocycles. The first kappa shape index (κ1) is 13.2. The van der Waals surface area contributed by atoms with Gasteiger partial charge in [0.25, 0.3) is 0 Å². The zero-order chi connectivity index (χ0) is 11.8. The molecule has 0 bridgehead atoms. The smallest absolute Gasteiger partial charge is 0.00698 e. The summed E-state index contributed by atoms with van der Waals surface area (Å²) >= 11 is 0. The van der Waals surface area contributed by atoms with Gasteiger partial charge in [0, 0.05) is 6.04 Å². The summed E-state index contributed by atoms with van der Waals surface area (Å²) in [6.45, 7) is 9.14. The fourth-order valence-electron chi connectivity index (χ4n) is 2.20. The Balaban J connectivity index is 2.38. The molecule has 90 valence electrons. The van der Waals surface area contributed by atoms with Gasteiger partial charge in [0.05, 0.1) is 0 Å². The quantitative estimate of drug-likeness (QED) is 0.654. The molecule has 0 amide bonds. The monoisotopic (exact) mass is 219 g/mol. The highest BCUT2D eigenvalue weighted by Crippen LogP contribution is 2.15. The normalized spacial score (nSPS) is 17.4. The van der Waals surface area contributed by atoms with E-state index in [0.717, 1.165) is 19.5 Å². The van der Waals surface area contributed by atoms with Crippen molar-refractivity contribution in [2.45, 2.75) is 46.1 Å². The Labute approximate surface area is 101 Å². The van der Waals surface area contributed by atoms with Gasteiger partial charge in [-0.3, -0.25) is 0 Å². The lowest BCUT2D eigenvalue weighted by atomic mass is 10.0. The Morgan fingerprint density at radius 3 is 2.69 bits per heavy atom. The van der Waals surface area contributed by atoms with E-state index in [1.165, 1.54) is 18.4 Å². The van der Waals surface area contributed by atoms with E-state index >= 15 is 0 Å². The summed E-state index contributed by atoms with van der Waals surface area (Å²) in [4.78, 5) is 2.52. The van der Waals surface area contributed by atoms with Crippen LogP contribution in [0.3, 0.4) is 0 Å². The second-order valence-corrected chi connectivity index (χ2v) is 4.42. The molecule has 0 fully saturated rings. The van der Waals surface area contributed by atoms with Crippen LogP contribution in [0.2, 0.25) is 0 Å². The van der Waals surface area contributed by atoms with Crippen molar-refractivity contribution in [3.63, 3.8) is 0 Å². The van der Waals surface area contributed by atoms with Crippen molar-refractivity contribution < 1.29 is 0 Å². The maximum atomic E-state index is 2.52. The van der Waals surface area contributed by atoms with Crippen LogP contribution < -0.4 is 0 Å². The average molecular weight is 219 g/mol. The Hall–Kier alpha value is -0.820. The predicted molar refractivity (Wildman–Crippen MR) is 72.6 cm³/mol. The maximum absolute atomic E-state index is 2.52. The fraction of sp³-hybridized carbons (Fsp3) is 0.600. The molecule has 0 aromatic heterocycles. The lowest BCUT2D eigenvalue weighted by Gasteiger charge is -2.26. The van der Waals surface area contributed by atoms with E-state index in [0.29, 0.717) is 6.04 Å². The van der Waals surface area contributed by atoms with E-state index in [-0.39, 0.29) is 0 Å². The van der Waals surface area contributed by atoms with E-state index in [2.05, 4.69) is 56.1 Å². The molecule has 0 heterocycles. The highest BCUT2D eigenvalue weighted by atomic mass is 15.1. The first-order valence-electron chi connectivity index (χ1n) is 6.54. The molecular formula is C15H25N. The molecule has 1 heteroatoms. The standard InChI is InChI=1S/C15H25N/c1-4-16(5-2)14(3)12-13-15-10-8-6-7-9-11-15/h6,8-11,14H,4-5,7,12-13H2,1-3H3. The van der Waals surface area contributed by atoms with Gasteiger partial charge >= 0.3 is 0 Å². The molecule has 1 atom stereocenters. The second kappa shape index (κ2) is 7.45. The zero-order valence-electron chi connectivity index (χ0n) is 10.9. The van der Waals surface area contributed by atoms with Crippen molar-refractivity contribution >= 4 is 0 Å². The lowest BCUT2D eigenvalue weighted by Crippen LogP contribution is -2.32. The van der Waals surface area contributed by atoms with Crippen molar-refractivity contribution in [1.82, 2.24) is 4.90 Å². The Kier molecular flexibility index (Phi) is 6.17. The summed E-state index contributed by atoms with van der Waals surface area (Å²) in [6.07, 6.45) is 14.7. The molecule has 1 nitrogen and oxygen atoms in total. The van der Waals surface area contributed by atoms with Crippen LogP contribution in [0.5, 0.6) is 0 Å². The number of hydrogen-bond donors (Lipinski definition) is 0. The minimum atomic E-state index is 0.691. The van der Waals surface area contributed by atoms with Gasteiger partial charge in [-0.2, -0.15) is 0 Å². The van der Waals surface area contributed by atoms with E-state index in [9.17, 15) is 0 Å². The van der Waals surface area contributed by atoms with Crippen LogP contribution in [0.4, 0.5) is 0 Å². The lowest BCUT2D eigenvalue weighted by molar-refractivity contribution is 0.221. The average Bonchev–Trinajstić information content (AvgIpc) is 2.56. The van der Waals surface area contributed by atoms with Gasteiger partial charge in [0.2, 0.25) is 0 Å². The molecule has 0 aromatic rings. The second-order valence-electron chi connectivity index (χ2n) is 4.42. The highest BCUT2D eigenvalue weighted by Gasteiger charge is 2.09. The molecule has 0 spiro atoms. The summed E-state index contributed by atoms with van der Waals surface area (Å²) in [6, 6.07) is 0.691. The summed E-state index contributed by atoms with van der Waals surface area (Å²) in [7, 11) is 0. The third-order valence-corrected chi connectivity index (χ3v) is 3.34. The van der Waals surface area contributed by atoms with Crippen LogP contribution in [0, 0.1) is 0 Å². The van der Waals surface area contributed by atoms with Gasteiger partial charge in [-0.15, -0.1) is 0 Å². The van der Waals surface area contributed by atoms with E-state index < -0.39 is 0 Å². The Bertz CT molecular complexity index is 269. The van der Waals surface area contributed by atoms with Crippen LogP contribution in [0.1, 0.15) is 40.0 Å². The third-order valence-electron chi connectivity index (χ3n) is 3.34. The highest BCUT2D eigenvalue weighted by molar-refractivity contribution is 5.27. The number of nitrogens with zero attached hydrogens (tertiary/aromatic N) is 1. The zero-order valence-corrected chi connectivity index (χ0v) is 10.9. The van der Waals surface area contributed by atoms with Gasteiger partial charge in [-0.25, -0.2) is 0 Å². The molecule has 1 rings (SSSR count). The molecule has 1 aliphatic rings. The molecule has 0 N–H and O–H groups in total. The van der Waals surface area contributed by atoms with Crippen LogP contribution >= 0.6 is 0 Å². The molecule has 0 saturated carbocycles. The minimum absolute atomic E-state index is 0.691. The summed E-state index contributed by atoms with van der Waals surface area (Å²) < 4.78 is 0. The number of allylic oxidation sites excluding steroid dienone is 6. The largest absolute Gasteiger partial charge is 0.301 e. The maximum Gasteiger partial charge on any atom is 0.00698 e. The molecule has 0 aromatic carbocycles. The summed E-state index contributed by atoms with van der Waals surface area (Å²) in [5, 5.41) is 0. The summed E-state index contributed by atoms with van der Waals surface area (Å²) in [5.41, 5.74) is 1.47. The van der Waals surface area contributed by atoms with E-state index in [1.807, 2.05) is 0 Å². The Morgan fingerprint density at radius 1 is 1.25 bits per heavy atom. The SMILES string of the molecule is CCN(CC)C(C)CCC1=CC=CCC=C1. The fourth-order valence-corrected chi connectivity index (χ4v) is 2.20.